The Bertz CT molecular complexity index is 1650. The minimum Gasteiger partial charge on any atom is -0.324 e. The van der Waals surface area contributed by atoms with Gasteiger partial charge in [0.1, 0.15) is 5.82 Å². The Morgan fingerprint density at radius 2 is 1.89 bits per heavy atom. The molecule has 0 aliphatic carbocycles. The molecule has 36 heavy (non-hydrogen) atoms. The lowest BCUT2D eigenvalue weighted by Gasteiger charge is -2.17. The van der Waals surface area contributed by atoms with Gasteiger partial charge in [-0.05, 0) is 39.5 Å². The van der Waals surface area contributed by atoms with Crippen molar-refractivity contribution < 1.29 is 13.2 Å². The van der Waals surface area contributed by atoms with Crippen LogP contribution in [0.5, 0.6) is 0 Å². The number of fused-ring (bicyclic) bond motifs is 1. The normalized spacial score (nSPS) is 11.1. The molecular weight excluding hydrogens is 563 g/mol. The molecule has 14 heteroatoms. The van der Waals surface area contributed by atoms with Gasteiger partial charge in [0.25, 0.3) is 0 Å². The quantitative estimate of drug-likeness (QED) is 0.194. The van der Waals surface area contributed by atoms with Gasteiger partial charge in [-0.2, -0.15) is 10.1 Å². The lowest BCUT2D eigenvalue weighted by atomic mass is 10.2. The van der Waals surface area contributed by atoms with Crippen LogP contribution in [-0.2, 0) is 20.1 Å². The van der Waals surface area contributed by atoms with Crippen molar-refractivity contribution in [1.82, 2.24) is 23.9 Å². The number of nitrogens with one attached hydrogen (secondary N) is 2. The topological polar surface area (TPSA) is 111 Å². The second-order valence-corrected chi connectivity index (χ2v) is 9.47. The van der Waals surface area contributed by atoms with Crippen molar-refractivity contribution in [2.24, 2.45) is 7.05 Å². The number of hydrogen-bond acceptors (Lipinski definition) is 7. The molecule has 2 aromatic heterocycles. The van der Waals surface area contributed by atoms with Crippen LogP contribution in [0.2, 0.25) is 0 Å². The van der Waals surface area contributed by atoms with E-state index in [9.17, 15) is 22.8 Å². The van der Waals surface area contributed by atoms with Crippen LogP contribution in [0.4, 0.5) is 24.8 Å². The average molecular weight is 580 g/mol. The standard InChI is InChI=1S/C22H17BrF3N7O2S/c1-3-36-19(27)10-33-21(34)29-20(28-18-5-12-8-31(2)30-17(12)6-13(18)23)32(22(33)35)9-11-4-15(25)16(26)7-14(11)24/h3-8,27H,1,9-10H2,2H3,(H,28,29,34). The fourth-order valence-electron chi connectivity index (χ4n) is 3.43. The van der Waals surface area contributed by atoms with Crippen LogP contribution < -0.4 is 16.7 Å². The molecule has 0 fully saturated rings. The molecule has 0 amide bonds. The molecule has 0 saturated heterocycles. The first-order chi connectivity index (χ1) is 17.1. The summed E-state index contributed by atoms with van der Waals surface area (Å²) >= 11 is 4.31. The highest BCUT2D eigenvalue weighted by molar-refractivity contribution is 9.10. The zero-order valence-electron chi connectivity index (χ0n) is 18.6. The summed E-state index contributed by atoms with van der Waals surface area (Å²) in [7, 11) is 1.75. The third-order valence-corrected chi connectivity index (χ3v) is 6.29. The summed E-state index contributed by atoms with van der Waals surface area (Å²) in [5, 5.41) is 17.1. The highest BCUT2D eigenvalue weighted by Crippen LogP contribution is 2.29. The average Bonchev–Trinajstić information content (AvgIpc) is 3.16. The molecule has 0 spiro atoms. The zero-order valence-corrected chi connectivity index (χ0v) is 21.0. The Morgan fingerprint density at radius 3 is 2.61 bits per heavy atom. The molecule has 0 bridgehead atoms. The third-order valence-electron chi connectivity index (χ3n) is 5.05. The second-order valence-electron chi connectivity index (χ2n) is 7.56. The van der Waals surface area contributed by atoms with Gasteiger partial charge in [0.2, 0.25) is 5.95 Å². The van der Waals surface area contributed by atoms with Gasteiger partial charge in [-0.25, -0.2) is 27.3 Å². The fraction of sp³-hybridized carbons (Fsp3) is 0.136. The Balaban J connectivity index is 1.86. The molecular formula is C22H17BrF3N7O2S. The van der Waals surface area contributed by atoms with Crippen LogP contribution in [0.3, 0.4) is 0 Å². The van der Waals surface area contributed by atoms with Crippen LogP contribution in [0.15, 0.2) is 56.5 Å². The Kier molecular flexibility index (Phi) is 7.17. The molecule has 0 radical (unpaired) electrons. The predicted octanol–water partition coefficient (Wildman–Crippen LogP) is 4.12. The number of aryl methyl sites for hydroxylation is 1. The Hall–Kier alpha value is -3.65. The largest absolute Gasteiger partial charge is 0.355 e. The fourth-order valence-corrected chi connectivity index (χ4v) is 4.26. The van der Waals surface area contributed by atoms with Gasteiger partial charge in [0, 0.05) is 34.7 Å². The zero-order chi connectivity index (χ0) is 26.1. The van der Waals surface area contributed by atoms with E-state index >= 15 is 0 Å². The van der Waals surface area contributed by atoms with E-state index in [2.05, 4.69) is 37.9 Å². The molecule has 0 saturated carbocycles. The van der Waals surface area contributed by atoms with E-state index in [1.807, 2.05) is 0 Å². The highest BCUT2D eigenvalue weighted by Gasteiger charge is 2.19. The van der Waals surface area contributed by atoms with Gasteiger partial charge >= 0.3 is 11.4 Å². The lowest BCUT2D eigenvalue weighted by molar-refractivity contribution is 0.486. The van der Waals surface area contributed by atoms with Crippen molar-refractivity contribution >= 4 is 55.3 Å². The summed E-state index contributed by atoms with van der Waals surface area (Å²) in [6.07, 6.45) is 1.75. The summed E-state index contributed by atoms with van der Waals surface area (Å²) in [6, 6.07) is 4.41. The van der Waals surface area contributed by atoms with Crippen LogP contribution in [-0.4, -0.2) is 28.9 Å². The van der Waals surface area contributed by atoms with Gasteiger partial charge < -0.3 is 5.32 Å². The van der Waals surface area contributed by atoms with E-state index in [1.165, 1.54) is 5.41 Å². The number of nitrogens with zero attached hydrogens (tertiary/aromatic N) is 5. The third kappa shape index (κ3) is 5.14. The first-order valence-electron chi connectivity index (χ1n) is 10.2. The molecule has 0 aliphatic rings. The van der Waals surface area contributed by atoms with Crippen LogP contribution in [0.1, 0.15) is 5.56 Å². The number of benzene rings is 2. The molecule has 4 rings (SSSR count). The van der Waals surface area contributed by atoms with Gasteiger partial charge in [-0.1, -0.05) is 18.3 Å². The van der Waals surface area contributed by atoms with Crippen molar-refractivity contribution in [2.75, 3.05) is 5.32 Å². The van der Waals surface area contributed by atoms with E-state index < -0.39 is 41.9 Å². The molecule has 186 valence electrons. The van der Waals surface area contributed by atoms with E-state index in [0.29, 0.717) is 32.4 Å². The number of halogens is 4. The minimum absolute atomic E-state index is 0.0676. The maximum Gasteiger partial charge on any atom is 0.355 e. The monoisotopic (exact) mass is 579 g/mol. The molecule has 2 N–H and O–H groups in total. The second kappa shape index (κ2) is 10.1. The summed E-state index contributed by atoms with van der Waals surface area (Å²) < 4.78 is 45.5. The molecule has 0 unspecified atom stereocenters. The van der Waals surface area contributed by atoms with Crippen molar-refractivity contribution in [3.63, 3.8) is 0 Å². The predicted molar refractivity (Wildman–Crippen MR) is 135 cm³/mol. The summed E-state index contributed by atoms with van der Waals surface area (Å²) in [5.41, 5.74) is -1.15. The van der Waals surface area contributed by atoms with Crippen LogP contribution in [0, 0.1) is 22.9 Å². The number of anilines is 2. The van der Waals surface area contributed by atoms with Crippen molar-refractivity contribution in [1.29, 1.82) is 5.41 Å². The first-order valence-corrected chi connectivity index (χ1v) is 11.8. The van der Waals surface area contributed by atoms with E-state index in [0.717, 1.165) is 21.7 Å². The lowest BCUT2D eigenvalue weighted by Crippen LogP contribution is -2.43. The van der Waals surface area contributed by atoms with Crippen molar-refractivity contribution in [3.05, 3.63) is 90.9 Å². The smallest absolute Gasteiger partial charge is 0.324 e. The molecule has 4 aromatic rings. The molecule has 0 atom stereocenters. The van der Waals surface area contributed by atoms with Gasteiger partial charge in [0.15, 0.2) is 11.6 Å². The van der Waals surface area contributed by atoms with Gasteiger partial charge in [-0.15, -0.1) is 0 Å². The van der Waals surface area contributed by atoms with Crippen LogP contribution >= 0.6 is 27.7 Å². The van der Waals surface area contributed by atoms with Gasteiger partial charge in [0.05, 0.1) is 29.3 Å². The van der Waals surface area contributed by atoms with Crippen molar-refractivity contribution in [2.45, 2.75) is 13.1 Å². The summed E-state index contributed by atoms with van der Waals surface area (Å²) in [5.74, 6) is -4.03. The Morgan fingerprint density at radius 1 is 1.17 bits per heavy atom. The van der Waals surface area contributed by atoms with E-state index in [1.54, 1.807) is 30.1 Å². The number of thioether (sulfide) groups is 1. The molecule has 9 nitrogen and oxygen atoms in total. The number of hydrogen-bond donors (Lipinski definition) is 2. The number of rotatable bonds is 7. The van der Waals surface area contributed by atoms with Gasteiger partial charge in [-0.3, -0.25) is 14.7 Å². The Labute approximate surface area is 213 Å². The maximum atomic E-state index is 14.4. The molecule has 2 heterocycles. The van der Waals surface area contributed by atoms with Crippen molar-refractivity contribution in [3.8, 4) is 0 Å². The number of aromatic nitrogens is 5. The minimum atomic E-state index is -1.38. The maximum absolute atomic E-state index is 14.4. The molecule has 2 aromatic carbocycles. The SMILES string of the molecule is C=CSC(=N)Cn1c(=O)nc(Nc2cc3cn(C)nc3cc2Br)n(Cc2cc(F)c(F)cc2F)c1=O. The van der Waals surface area contributed by atoms with E-state index in [4.69, 9.17) is 5.41 Å². The summed E-state index contributed by atoms with van der Waals surface area (Å²) in [4.78, 5) is 30.0. The first kappa shape index (κ1) is 25.4. The van der Waals surface area contributed by atoms with E-state index in [-0.39, 0.29) is 16.6 Å². The van der Waals surface area contributed by atoms with Crippen LogP contribution in [0.25, 0.3) is 10.9 Å². The highest BCUT2D eigenvalue weighted by atomic mass is 79.9. The summed E-state index contributed by atoms with van der Waals surface area (Å²) in [6.45, 7) is 2.50. The molecule has 0 aliphatic heterocycles.